The summed E-state index contributed by atoms with van der Waals surface area (Å²) in [5.41, 5.74) is 2.05. The number of rotatable bonds is 5. The number of halogens is 4. The number of hydrogen-bond acceptors (Lipinski definition) is 4. The van der Waals surface area contributed by atoms with Crippen LogP contribution in [0.25, 0.3) is 11.2 Å². The molecule has 3 aromatic heterocycles. The summed E-state index contributed by atoms with van der Waals surface area (Å²) in [4.78, 5) is 26.8. The van der Waals surface area contributed by atoms with E-state index in [1.807, 2.05) is 19.9 Å². The molecule has 5 nitrogen and oxygen atoms in total. The van der Waals surface area contributed by atoms with Crippen molar-refractivity contribution in [3.05, 3.63) is 98.6 Å². The minimum absolute atomic E-state index is 0.0597. The Kier molecular flexibility index (Phi) is 7.03. The van der Waals surface area contributed by atoms with Gasteiger partial charge in [0.15, 0.2) is 5.65 Å². The van der Waals surface area contributed by atoms with Gasteiger partial charge in [0.05, 0.1) is 29.7 Å². The number of benzene rings is 1. The SMILES string of the molecule is CCc1cnc2c(cc(C3CCC(c4c(C)cccc4F)CC3)c(=O)n2Cc2ncccc2C(F)(F)F)n1. The van der Waals surface area contributed by atoms with Crippen molar-refractivity contribution in [1.29, 1.82) is 0 Å². The average molecular weight is 525 g/mol. The monoisotopic (exact) mass is 524 g/mol. The Morgan fingerprint density at radius 1 is 1.03 bits per heavy atom. The number of hydrogen-bond donors (Lipinski definition) is 0. The van der Waals surface area contributed by atoms with E-state index in [2.05, 4.69) is 15.0 Å². The van der Waals surface area contributed by atoms with Gasteiger partial charge in [0, 0.05) is 11.8 Å². The maximum Gasteiger partial charge on any atom is 0.418 e. The molecule has 0 amide bonds. The Labute approximate surface area is 217 Å². The second-order valence-corrected chi connectivity index (χ2v) is 9.93. The van der Waals surface area contributed by atoms with Crippen molar-refractivity contribution in [2.45, 2.75) is 70.5 Å². The standard InChI is InChI=1S/C29H28F4N4O/c1-3-20-15-35-27-24(36-20)14-21(18-9-11-19(12-10-18)26-17(2)6-4-8-23(26)30)28(38)37(27)16-25-22(29(31,32)33)7-5-13-34-25/h4-8,13-15,18-19H,3,9-12,16H2,1-2H3. The largest absolute Gasteiger partial charge is 0.418 e. The molecule has 0 saturated heterocycles. The highest BCUT2D eigenvalue weighted by Gasteiger charge is 2.34. The Balaban J connectivity index is 1.55. The molecule has 1 aliphatic rings. The second kappa shape index (κ2) is 10.3. The number of pyridine rings is 2. The molecule has 0 N–H and O–H groups in total. The summed E-state index contributed by atoms with van der Waals surface area (Å²) >= 11 is 0. The van der Waals surface area contributed by atoms with E-state index >= 15 is 0 Å². The van der Waals surface area contributed by atoms with Crippen molar-refractivity contribution in [3.8, 4) is 0 Å². The highest BCUT2D eigenvalue weighted by molar-refractivity contribution is 5.71. The lowest BCUT2D eigenvalue weighted by Gasteiger charge is -2.30. The van der Waals surface area contributed by atoms with Gasteiger partial charge in [-0.25, -0.2) is 14.4 Å². The third-order valence-corrected chi connectivity index (χ3v) is 7.58. The predicted octanol–water partition coefficient (Wildman–Crippen LogP) is 6.70. The zero-order chi connectivity index (χ0) is 27.0. The van der Waals surface area contributed by atoms with Gasteiger partial charge in [-0.1, -0.05) is 19.1 Å². The first-order valence-electron chi connectivity index (χ1n) is 12.8. The fourth-order valence-electron chi connectivity index (χ4n) is 5.64. The van der Waals surface area contributed by atoms with E-state index in [1.54, 1.807) is 18.3 Å². The number of nitrogens with zero attached hydrogens (tertiary/aromatic N) is 4. The van der Waals surface area contributed by atoms with E-state index in [0.29, 0.717) is 43.2 Å². The second-order valence-electron chi connectivity index (χ2n) is 9.93. The van der Waals surface area contributed by atoms with Gasteiger partial charge < -0.3 is 0 Å². The number of aryl methyl sites for hydroxylation is 2. The van der Waals surface area contributed by atoms with Crippen LogP contribution in [0.15, 0.2) is 53.6 Å². The molecule has 4 aromatic rings. The van der Waals surface area contributed by atoms with Gasteiger partial charge in [0.1, 0.15) is 11.3 Å². The maximum absolute atomic E-state index is 14.6. The first-order valence-corrected chi connectivity index (χ1v) is 12.8. The van der Waals surface area contributed by atoms with Gasteiger partial charge in [0.25, 0.3) is 5.56 Å². The summed E-state index contributed by atoms with van der Waals surface area (Å²) in [5.74, 6) is -0.261. The van der Waals surface area contributed by atoms with E-state index in [1.165, 1.54) is 22.9 Å². The molecule has 0 atom stereocenters. The molecular weight excluding hydrogens is 496 g/mol. The Morgan fingerprint density at radius 3 is 2.45 bits per heavy atom. The van der Waals surface area contributed by atoms with Gasteiger partial charge in [-0.15, -0.1) is 0 Å². The topological polar surface area (TPSA) is 60.7 Å². The van der Waals surface area contributed by atoms with Crippen LogP contribution in [0.5, 0.6) is 0 Å². The fraction of sp³-hybridized carbons (Fsp3) is 0.379. The number of fused-ring (bicyclic) bond motifs is 1. The van der Waals surface area contributed by atoms with Crippen LogP contribution in [0.2, 0.25) is 0 Å². The molecule has 198 valence electrons. The molecule has 9 heteroatoms. The first-order chi connectivity index (χ1) is 18.2. The Bertz CT molecular complexity index is 1520. The molecule has 0 bridgehead atoms. The van der Waals surface area contributed by atoms with Crippen molar-refractivity contribution in [2.75, 3.05) is 0 Å². The van der Waals surface area contributed by atoms with E-state index in [-0.39, 0.29) is 41.1 Å². The molecule has 0 radical (unpaired) electrons. The van der Waals surface area contributed by atoms with Crippen LogP contribution in [0.3, 0.4) is 0 Å². The third kappa shape index (κ3) is 4.93. The quantitative estimate of drug-likeness (QED) is 0.273. The highest BCUT2D eigenvalue weighted by atomic mass is 19.4. The summed E-state index contributed by atoms with van der Waals surface area (Å²) in [6, 6.07) is 9.02. The smallest absolute Gasteiger partial charge is 0.285 e. The van der Waals surface area contributed by atoms with Crippen LogP contribution in [0.4, 0.5) is 17.6 Å². The van der Waals surface area contributed by atoms with Gasteiger partial charge in [-0.3, -0.25) is 14.3 Å². The molecule has 5 rings (SSSR count). The predicted molar refractivity (Wildman–Crippen MR) is 137 cm³/mol. The molecule has 0 unspecified atom stereocenters. The summed E-state index contributed by atoms with van der Waals surface area (Å²) in [7, 11) is 0. The van der Waals surface area contributed by atoms with Crippen LogP contribution in [-0.4, -0.2) is 19.5 Å². The number of alkyl halides is 3. The molecular formula is C29H28F4N4O. The van der Waals surface area contributed by atoms with Crippen LogP contribution in [0, 0.1) is 12.7 Å². The lowest BCUT2D eigenvalue weighted by molar-refractivity contribution is -0.138. The van der Waals surface area contributed by atoms with E-state index in [9.17, 15) is 22.4 Å². The Hall–Kier alpha value is -3.62. The van der Waals surface area contributed by atoms with Crippen molar-refractivity contribution in [1.82, 2.24) is 19.5 Å². The normalized spacial score (nSPS) is 18.2. The minimum atomic E-state index is -4.61. The lowest BCUT2D eigenvalue weighted by Crippen LogP contribution is -2.29. The van der Waals surface area contributed by atoms with Crippen molar-refractivity contribution >= 4 is 11.2 Å². The van der Waals surface area contributed by atoms with Gasteiger partial charge in [-0.05, 0) is 86.3 Å². The summed E-state index contributed by atoms with van der Waals surface area (Å²) in [6.45, 7) is 3.47. The van der Waals surface area contributed by atoms with Crippen molar-refractivity contribution < 1.29 is 17.6 Å². The maximum atomic E-state index is 14.6. The van der Waals surface area contributed by atoms with Crippen molar-refractivity contribution in [3.63, 3.8) is 0 Å². The third-order valence-electron chi connectivity index (χ3n) is 7.58. The lowest BCUT2D eigenvalue weighted by atomic mass is 9.75. The summed E-state index contributed by atoms with van der Waals surface area (Å²) in [6.07, 6.45) is 1.60. The highest BCUT2D eigenvalue weighted by Crippen LogP contribution is 2.41. The van der Waals surface area contributed by atoms with Crippen LogP contribution in [0.1, 0.15) is 78.1 Å². The Morgan fingerprint density at radius 2 is 1.76 bits per heavy atom. The van der Waals surface area contributed by atoms with E-state index < -0.39 is 11.7 Å². The van der Waals surface area contributed by atoms with Crippen LogP contribution >= 0.6 is 0 Å². The zero-order valence-corrected chi connectivity index (χ0v) is 21.2. The zero-order valence-electron chi connectivity index (χ0n) is 21.2. The molecule has 0 spiro atoms. The molecule has 38 heavy (non-hydrogen) atoms. The molecule has 0 aliphatic heterocycles. The minimum Gasteiger partial charge on any atom is -0.285 e. The first kappa shape index (κ1) is 26.0. The molecule has 1 fully saturated rings. The van der Waals surface area contributed by atoms with Gasteiger partial charge >= 0.3 is 6.18 Å². The molecule has 1 aromatic carbocycles. The summed E-state index contributed by atoms with van der Waals surface area (Å²) < 4.78 is 56.9. The van der Waals surface area contributed by atoms with E-state index in [0.717, 1.165) is 22.9 Å². The van der Waals surface area contributed by atoms with Gasteiger partial charge in [-0.2, -0.15) is 13.2 Å². The fourth-order valence-corrected chi connectivity index (χ4v) is 5.64. The average Bonchev–Trinajstić information content (AvgIpc) is 2.90. The van der Waals surface area contributed by atoms with Crippen molar-refractivity contribution in [2.24, 2.45) is 0 Å². The number of aromatic nitrogens is 4. The molecule has 1 saturated carbocycles. The molecule has 3 heterocycles. The van der Waals surface area contributed by atoms with E-state index in [4.69, 9.17) is 0 Å². The molecule has 1 aliphatic carbocycles. The van der Waals surface area contributed by atoms with Crippen LogP contribution < -0.4 is 5.56 Å². The van der Waals surface area contributed by atoms with Gasteiger partial charge in [0.2, 0.25) is 0 Å². The summed E-state index contributed by atoms with van der Waals surface area (Å²) in [5, 5.41) is 0. The van der Waals surface area contributed by atoms with Crippen LogP contribution in [-0.2, 0) is 19.1 Å².